The Hall–Kier alpha value is -4.14. The SMILES string of the molecule is CC(C)C(C(=O)O)c1cc(CCN2CCN(c3ccc(C(=O)NC4C(C)(C)C(Oc5ccc(C#N)c(Cl)c5)C4(C)C)cn3)CC2)no1. The highest BCUT2D eigenvalue weighted by Crippen LogP contribution is 2.55. The molecule has 2 aromatic heterocycles. The van der Waals surface area contributed by atoms with Crippen LogP contribution in [0, 0.1) is 28.1 Å². The van der Waals surface area contributed by atoms with Crippen molar-refractivity contribution in [1.82, 2.24) is 20.4 Å². The number of pyridine rings is 1. The molecule has 5 rings (SSSR count). The molecule has 47 heavy (non-hydrogen) atoms. The molecule has 250 valence electrons. The van der Waals surface area contributed by atoms with Gasteiger partial charge in [-0.25, -0.2) is 4.98 Å². The molecular weight excluding hydrogens is 620 g/mol. The van der Waals surface area contributed by atoms with Gasteiger partial charge in [0.1, 0.15) is 29.7 Å². The summed E-state index contributed by atoms with van der Waals surface area (Å²) in [5.74, 6) is -0.0506. The van der Waals surface area contributed by atoms with E-state index in [1.807, 2.05) is 26.0 Å². The van der Waals surface area contributed by atoms with Crippen molar-refractivity contribution in [3.63, 3.8) is 0 Å². The van der Waals surface area contributed by atoms with Gasteiger partial charge in [0.05, 0.1) is 21.8 Å². The van der Waals surface area contributed by atoms with Gasteiger partial charge in [-0.15, -0.1) is 0 Å². The fraction of sp³-hybridized carbons (Fsp3) is 0.514. The number of hydrogen-bond acceptors (Lipinski definition) is 9. The number of anilines is 1. The van der Waals surface area contributed by atoms with Gasteiger partial charge in [-0.3, -0.25) is 14.5 Å². The van der Waals surface area contributed by atoms with Gasteiger partial charge in [0.15, 0.2) is 5.76 Å². The van der Waals surface area contributed by atoms with Crippen LogP contribution in [0.25, 0.3) is 0 Å². The molecule has 1 saturated carbocycles. The Bertz CT molecular complexity index is 1620. The van der Waals surface area contributed by atoms with Gasteiger partial charge in [0, 0.05) is 74.3 Å². The lowest BCUT2D eigenvalue weighted by Crippen LogP contribution is -2.74. The van der Waals surface area contributed by atoms with Crippen LogP contribution in [0.2, 0.25) is 5.02 Å². The number of benzene rings is 1. The number of amides is 1. The van der Waals surface area contributed by atoms with Gasteiger partial charge < -0.3 is 24.6 Å². The van der Waals surface area contributed by atoms with Crippen molar-refractivity contribution in [2.24, 2.45) is 16.7 Å². The first-order valence-electron chi connectivity index (χ1n) is 16.0. The van der Waals surface area contributed by atoms with E-state index in [9.17, 15) is 14.7 Å². The molecule has 2 N–H and O–H groups in total. The van der Waals surface area contributed by atoms with Gasteiger partial charge in [0.2, 0.25) is 0 Å². The summed E-state index contributed by atoms with van der Waals surface area (Å²) in [6.07, 6.45) is 2.12. The maximum Gasteiger partial charge on any atom is 0.314 e. The van der Waals surface area contributed by atoms with Crippen molar-refractivity contribution < 1.29 is 24.0 Å². The van der Waals surface area contributed by atoms with Crippen molar-refractivity contribution in [1.29, 1.82) is 5.26 Å². The van der Waals surface area contributed by atoms with Crippen LogP contribution >= 0.6 is 11.6 Å². The Balaban J connectivity index is 1.11. The van der Waals surface area contributed by atoms with Gasteiger partial charge in [0.25, 0.3) is 5.91 Å². The second kappa shape index (κ2) is 13.5. The summed E-state index contributed by atoms with van der Waals surface area (Å²) in [6.45, 7) is 16.1. The monoisotopic (exact) mass is 662 g/mol. The number of rotatable bonds is 11. The normalized spacial score (nSPS) is 21.0. The first kappa shape index (κ1) is 34.2. The molecule has 12 heteroatoms. The maximum atomic E-state index is 13.3. The number of piperazine rings is 1. The summed E-state index contributed by atoms with van der Waals surface area (Å²) < 4.78 is 11.7. The van der Waals surface area contributed by atoms with Gasteiger partial charge >= 0.3 is 5.97 Å². The zero-order chi connectivity index (χ0) is 34.1. The minimum absolute atomic E-state index is 0.0869. The lowest BCUT2D eigenvalue weighted by atomic mass is 9.49. The van der Waals surface area contributed by atoms with Crippen LogP contribution in [0.3, 0.4) is 0 Å². The van der Waals surface area contributed by atoms with E-state index in [0.717, 1.165) is 44.2 Å². The highest BCUT2D eigenvalue weighted by Gasteiger charge is 2.64. The van der Waals surface area contributed by atoms with E-state index >= 15 is 0 Å². The van der Waals surface area contributed by atoms with Crippen LogP contribution in [0.5, 0.6) is 5.75 Å². The number of ether oxygens (including phenoxy) is 1. The summed E-state index contributed by atoms with van der Waals surface area (Å²) in [4.78, 5) is 34.1. The Labute approximate surface area is 280 Å². The van der Waals surface area contributed by atoms with E-state index in [1.165, 1.54) is 0 Å². The Morgan fingerprint density at radius 3 is 2.40 bits per heavy atom. The van der Waals surface area contributed by atoms with Crippen LogP contribution in [-0.4, -0.2) is 76.9 Å². The van der Waals surface area contributed by atoms with E-state index < -0.39 is 11.9 Å². The van der Waals surface area contributed by atoms with Gasteiger partial charge in [-0.05, 0) is 30.2 Å². The highest BCUT2D eigenvalue weighted by molar-refractivity contribution is 6.31. The number of nitriles is 1. The first-order valence-corrected chi connectivity index (χ1v) is 16.4. The van der Waals surface area contributed by atoms with Crippen LogP contribution in [-0.2, 0) is 11.2 Å². The number of aromatic nitrogens is 2. The van der Waals surface area contributed by atoms with Crippen molar-refractivity contribution >= 4 is 29.3 Å². The third-order valence-electron chi connectivity index (χ3n) is 9.64. The van der Waals surface area contributed by atoms with Gasteiger partial charge in [-0.2, -0.15) is 5.26 Å². The number of carbonyl (C=O) groups excluding carboxylic acids is 1. The summed E-state index contributed by atoms with van der Waals surface area (Å²) >= 11 is 6.22. The quantitative estimate of drug-likeness (QED) is 0.274. The molecule has 1 aliphatic carbocycles. The van der Waals surface area contributed by atoms with Crippen LogP contribution in [0.1, 0.15) is 74.8 Å². The number of halogens is 1. The van der Waals surface area contributed by atoms with Crippen LogP contribution in [0.4, 0.5) is 5.82 Å². The second-order valence-electron chi connectivity index (χ2n) is 14.1. The summed E-state index contributed by atoms with van der Waals surface area (Å²) in [5, 5.41) is 26.4. The zero-order valence-corrected chi connectivity index (χ0v) is 28.5. The Morgan fingerprint density at radius 2 is 1.83 bits per heavy atom. The van der Waals surface area contributed by atoms with Crippen molar-refractivity contribution in [3.05, 3.63) is 70.2 Å². The molecule has 1 amide bonds. The standard InChI is InChI=1S/C35H43ClN6O5/c1-21(2)29(31(44)45)27-17-24(40-47-27)11-12-41-13-15-42(16-14-41)28-10-8-23(20-38-28)30(43)39-32-34(3,4)33(35(32,5)6)46-25-9-7-22(19-37)26(36)18-25/h7-10,17-18,20-21,29,32-33H,11-16H2,1-6H3,(H,39,43)(H,44,45). The molecule has 1 atom stereocenters. The predicted octanol–water partition coefficient (Wildman–Crippen LogP) is 5.40. The number of carbonyl (C=O) groups is 2. The topological polar surface area (TPSA) is 145 Å². The van der Waals surface area contributed by atoms with Crippen molar-refractivity contribution in [2.75, 3.05) is 37.6 Å². The fourth-order valence-corrected chi connectivity index (χ4v) is 7.53. The smallest absolute Gasteiger partial charge is 0.314 e. The number of nitrogens with one attached hydrogen (secondary N) is 1. The van der Waals surface area contributed by atoms with E-state index in [4.69, 9.17) is 26.1 Å². The lowest BCUT2D eigenvalue weighted by molar-refractivity contribution is -0.164. The van der Waals surface area contributed by atoms with Crippen molar-refractivity contribution in [3.8, 4) is 11.8 Å². The molecule has 1 aliphatic heterocycles. The van der Waals surface area contributed by atoms with E-state index in [-0.39, 0.29) is 34.8 Å². The van der Waals surface area contributed by atoms with Gasteiger partial charge in [-0.1, -0.05) is 58.3 Å². The third-order valence-corrected chi connectivity index (χ3v) is 9.95. The Morgan fingerprint density at radius 1 is 1.13 bits per heavy atom. The maximum absolute atomic E-state index is 13.3. The number of hydrogen-bond donors (Lipinski definition) is 2. The largest absolute Gasteiger partial charge is 0.489 e. The molecule has 3 aromatic rings. The molecule has 3 heterocycles. The third kappa shape index (κ3) is 7.09. The second-order valence-corrected chi connectivity index (χ2v) is 14.5. The van der Waals surface area contributed by atoms with E-state index in [0.29, 0.717) is 34.1 Å². The number of nitrogens with zero attached hydrogens (tertiary/aromatic N) is 5. The summed E-state index contributed by atoms with van der Waals surface area (Å²) in [5.41, 5.74) is 0.928. The average molecular weight is 663 g/mol. The molecule has 0 bridgehead atoms. The van der Waals surface area contributed by atoms with E-state index in [2.05, 4.69) is 59.0 Å². The molecular formula is C35H43ClN6O5. The van der Waals surface area contributed by atoms with Crippen LogP contribution in [0.15, 0.2) is 47.1 Å². The van der Waals surface area contributed by atoms with Crippen LogP contribution < -0.4 is 15.0 Å². The molecule has 2 aliphatic rings. The van der Waals surface area contributed by atoms with E-state index in [1.54, 1.807) is 30.5 Å². The summed E-state index contributed by atoms with van der Waals surface area (Å²) in [6, 6.07) is 12.4. The lowest BCUT2D eigenvalue weighted by Gasteiger charge is -2.63. The molecule has 0 spiro atoms. The number of aliphatic carboxylic acids is 1. The molecule has 2 fully saturated rings. The molecule has 1 saturated heterocycles. The predicted molar refractivity (Wildman–Crippen MR) is 178 cm³/mol. The summed E-state index contributed by atoms with van der Waals surface area (Å²) in [7, 11) is 0. The minimum atomic E-state index is -0.903. The highest BCUT2D eigenvalue weighted by atomic mass is 35.5. The Kier molecular flexibility index (Phi) is 9.85. The molecule has 1 unspecified atom stereocenters. The average Bonchev–Trinajstić information content (AvgIpc) is 3.49. The number of carboxylic acid groups (broad SMARTS) is 1. The first-order chi connectivity index (χ1) is 22.2. The molecule has 11 nitrogen and oxygen atoms in total. The fourth-order valence-electron chi connectivity index (χ4n) is 7.32. The molecule has 0 radical (unpaired) electrons. The number of carboxylic acids is 1. The van der Waals surface area contributed by atoms with Crippen molar-refractivity contribution in [2.45, 2.75) is 66.0 Å². The minimum Gasteiger partial charge on any atom is -0.489 e. The molecule has 1 aromatic carbocycles. The zero-order valence-electron chi connectivity index (χ0n) is 27.8.